The molecule has 1 fully saturated rings. The molecule has 0 aromatic heterocycles. The van der Waals surface area contributed by atoms with Crippen LogP contribution in [0.4, 0.5) is 0 Å². The second-order valence-electron chi connectivity index (χ2n) is 1.60. The van der Waals surface area contributed by atoms with Gasteiger partial charge in [0.15, 0.2) is 0 Å². The maximum absolute atomic E-state index is 10.2. The third-order valence-corrected chi connectivity index (χ3v) is 1.03. The first kappa shape index (κ1) is 8.84. The van der Waals surface area contributed by atoms with Crippen molar-refractivity contribution in [2.24, 2.45) is 0 Å². The van der Waals surface area contributed by atoms with E-state index in [2.05, 4.69) is 0 Å². The number of rotatable bonds is 0. The van der Waals surface area contributed by atoms with E-state index in [9.17, 15) is 9.59 Å². The molecule has 9 heavy (non-hydrogen) atoms. The summed E-state index contributed by atoms with van der Waals surface area (Å²) < 4.78 is 0. The van der Waals surface area contributed by atoms with E-state index in [0.29, 0.717) is 0 Å². The van der Waals surface area contributed by atoms with Crippen LogP contribution in [0.3, 0.4) is 0 Å². The first-order valence-corrected chi connectivity index (χ1v) is 2.26. The first-order valence-electron chi connectivity index (χ1n) is 2.26. The van der Waals surface area contributed by atoms with Gasteiger partial charge in [-0.3, -0.25) is 14.8 Å². The van der Waals surface area contributed by atoms with Crippen molar-refractivity contribution in [3.05, 3.63) is 0 Å². The number of nitrogens with zero attached hydrogens (tertiary/aromatic N) is 1. The summed E-state index contributed by atoms with van der Waals surface area (Å²) in [5, 5.41) is 8.57. The van der Waals surface area contributed by atoms with Gasteiger partial charge in [-0.1, -0.05) is 0 Å². The van der Waals surface area contributed by atoms with Crippen molar-refractivity contribution < 1.29 is 37.2 Å². The van der Waals surface area contributed by atoms with Crippen LogP contribution < -0.4 is 0 Å². The van der Waals surface area contributed by atoms with Gasteiger partial charge < -0.3 is 0 Å². The Morgan fingerprint density at radius 2 is 1.56 bits per heavy atom. The van der Waals surface area contributed by atoms with Gasteiger partial charge in [-0.05, 0) is 0 Å². The predicted molar refractivity (Wildman–Crippen MR) is 22.9 cm³/mol. The van der Waals surface area contributed by atoms with Crippen molar-refractivity contribution >= 4 is 11.8 Å². The van der Waals surface area contributed by atoms with Crippen molar-refractivity contribution in [3.8, 4) is 0 Å². The molecule has 1 heterocycles. The molecule has 0 bridgehead atoms. The SMILES string of the molecule is O=C1CCC(=O)N1O.[Ag]. The molecule has 1 rings (SSSR count). The zero-order valence-corrected chi connectivity index (χ0v) is 5.91. The molecule has 0 spiro atoms. The zero-order valence-electron chi connectivity index (χ0n) is 4.43. The average Bonchev–Trinajstić information content (AvgIpc) is 1.98. The van der Waals surface area contributed by atoms with E-state index >= 15 is 0 Å². The van der Waals surface area contributed by atoms with Crippen LogP contribution >= 0.6 is 0 Å². The van der Waals surface area contributed by atoms with Gasteiger partial charge in [0.25, 0.3) is 11.8 Å². The van der Waals surface area contributed by atoms with Crippen LogP contribution in [-0.4, -0.2) is 22.1 Å². The Kier molecular flexibility index (Phi) is 3.07. The van der Waals surface area contributed by atoms with Crippen LogP contribution in [-0.2, 0) is 32.0 Å². The molecule has 55 valence electrons. The van der Waals surface area contributed by atoms with E-state index in [4.69, 9.17) is 5.21 Å². The third kappa shape index (κ3) is 1.62. The van der Waals surface area contributed by atoms with Crippen molar-refractivity contribution in [2.75, 3.05) is 0 Å². The van der Waals surface area contributed by atoms with Crippen LogP contribution in [0.15, 0.2) is 0 Å². The normalized spacial score (nSPS) is 18.1. The molecule has 1 aliphatic heterocycles. The quantitative estimate of drug-likeness (QED) is 0.343. The van der Waals surface area contributed by atoms with E-state index in [1.54, 1.807) is 0 Å². The monoisotopic (exact) mass is 222 g/mol. The molecule has 0 atom stereocenters. The number of carbonyl (C=O) groups is 2. The summed E-state index contributed by atoms with van der Waals surface area (Å²) in [6.07, 6.45) is 0.296. The maximum Gasteiger partial charge on any atom is 0.253 e. The van der Waals surface area contributed by atoms with Gasteiger partial charge in [0.2, 0.25) is 0 Å². The fourth-order valence-corrected chi connectivity index (χ4v) is 0.565. The van der Waals surface area contributed by atoms with Crippen LogP contribution in [0, 0.1) is 0 Å². The first-order chi connectivity index (χ1) is 3.72. The summed E-state index contributed by atoms with van der Waals surface area (Å²) in [6.45, 7) is 0. The molecule has 1 N–H and O–H groups in total. The zero-order chi connectivity index (χ0) is 6.15. The number of hydrogen-bond donors (Lipinski definition) is 1. The molecular formula is C4H5AgNO3. The maximum atomic E-state index is 10.2. The van der Waals surface area contributed by atoms with Crippen LogP contribution in [0.25, 0.3) is 0 Å². The molecule has 1 aliphatic rings. The Morgan fingerprint density at radius 1 is 1.22 bits per heavy atom. The smallest absolute Gasteiger partial charge is 0.253 e. The van der Waals surface area contributed by atoms with Crippen molar-refractivity contribution in [1.29, 1.82) is 0 Å². The van der Waals surface area contributed by atoms with Crippen molar-refractivity contribution in [3.63, 3.8) is 0 Å². The van der Waals surface area contributed by atoms with E-state index < -0.39 is 11.8 Å². The minimum atomic E-state index is -0.505. The molecular weight excluding hydrogens is 218 g/mol. The molecule has 0 aromatic rings. The van der Waals surface area contributed by atoms with Gasteiger partial charge in [0, 0.05) is 35.2 Å². The number of imide groups is 1. The Labute approximate surface area is 67.3 Å². The largest absolute Gasteiger partial charge is 0.279 e. The van der Waals surface area contributed by atoms with E-state index in [1.165, 1.54) is 0 Å². The Morgan fingerprint density at radius 3 is 1.67 bits per heavy atom. The standard InChI is InChI=1S/C4H5NO3.Ag/c6-3-1-2-4(7)5(3)8;/h8H,1-2H2;. The molecule has 5 heteroatoms. The molecule has 0 unspecified atom stereocenters. The summed E-state index contributed by atoms with van der Waals surface area (Å²) in [6, 6.07) is 0. The average molecular weight is 223 g/mol. The molecule has 0 aromatic carbocycles. The molecule has 0 aliphatic carbocycles. The third-order valence-electron chi connectivity index (χ3n) is 1.03. The van der Waals surface area contributed by atoms with Gasteiger partial charge in [0.05, 0.1) is 0 Å². The number of hydrogen-bond acceptors (Lipinski definition) is 3. The van der Waals surface area contributed by atoms with Gasteiger partial charge in [0.1, 0.15) is 0 Å². The van der Waals surface area contributed by atoms with Gasteiger partial charge >= 0.3 is 0 Å². The fourth-order valence-electron chi connectivity index (χ4n) is 0.565. The summed E-state index contributed by atoms with van der Waals surface area (Å²) >= 11 is 0. The minimum absolute atomic E-state index is 0. The number of carbonyl (C=O) groups excluding carboxylic acids is 2. The van der Waals surface area contributed by atoms with Crippen LogP contribution in [0.5, 0.6) is 0 Å². The summed E-state index contributed by atoms with van der Waals surface area (Å²) in [7, 11) is 0. The number of amides is 2. The minimum Gasteiger partial charge on any atom is -0.279 e. The van der Waals surface area contributed by atoms with Crippen LogP contribution in [0.2, 0.25) is 0 Å². The van der Waals surface area contributed by atoms with Crippen molar-refractivity contribution in [2.45, 2.75) is 12.8 Å². The molecule has 4 nitrogen and oxygen atoms in total. The number of hydroxylamine groups is 2. The van der Waals surface area contributed by atoms with Crippen molar-refractivity contribution in [1.82, 2.24) is 5.06 Å². The Balaban J connectivity index is 0.000000640. The molecule has 1 radical (unpaired) electrons. The topological polar surface area (TPSA) is 57.6 Å². The van der Waals surface area contributed by atoms with Gasteiger partial charge in [-0.2, -0.15) is 5.06 Å². The predicted octanol–water partition coefficient (Wildman–Crippen LogP) is -0.478. The van der Waals surface area contributed by atoms with E-state index in [-0.39, 0.29) is 40.3 Å². The second-order valence-corrected chi connectivity index (χ2v) is 1.60. The van der Waals surface area contributed by atoms with E-state index in [1.807, 2.05) is 0 Å². The Hall–Kier alpha value is -0.160. The molecule has 0 saturated carbocycles. The molecule has 2 amide bonds. The van der Waals surface area contributed by atoms with Crippen LogP contribution in [0.1, 0.15) is 12.8 Å². The fraction of sp³-hybridized carbons (Fsp3) is 0.500. The second kappa shape index (κ2) is 3.12. The summed E-state index contributed by atoms with van der Waals surface area (Å²) in [4.78, 5) is 20.5. The van der Waals surface area contributed by atoms with E-state index in [0.717, 1.165) is 0 Å². The summed E-state index contributed by atoms with van der Waals surface area (Å²) in [5.41, 5.74) is 0. The van der Waals surface area contributed by atoms with Gasteiger partial charge in [-0.25, -0.2) is 0 Å². The summed E-state index contributed by atoms with van der Waals surface area (Å²) in [5.74, 6) is -1.01. The molecule has 1 saturated heterocycles. The van der Waals surface area contributed by atoms with Gasteiger partial charge in [-0.15, -0.1) is 0 Å². The Bertz CT molecular complexity index is 131.